The van der Waals surface area contributed by atoms with E-state index in [0.717, 1.165) is 25.7 Å². The number of esters is 1. The molecule has 4 nitrogen and oxygen atoms in total. The number of ether oxygens (including phenoxy) is 3. The van der Waals surface area contributed by atoms with Crippen molar-refractivity contribution in [1.29, 1.82) is 0 Å². The molecule has 1 spiro atoms. The predicted octanol–water partition coefficient (Wildman–Crippen LogP) is 1.42. The van der Waals surface area contributed by atoms with Crippen LogP contribution in [0.25, 0.3) is 0 Å². The van der Waals surface area contributed by atoms with Gasteiger partial charge < -0.3 is 14.2 Å². The Morgan fingerprint density at radius 3 is 2.94 bits per heavy atom. The van der Waals surface area contributed by atoms with E-state index in [2.05, 4.69) is 0 Å². The second-order valence-corrected chi connectivity index (χ2v) is 5.03. The van der Waals surface area contributed by atoms with Crippen LogP contribution < -0.4 is 0 Å². The van der Waals surface area contributed by atoms with Crippen LogP contribution in [0.3, 0.4) is 0 Å². The molecule has 0 radical (unpaired) electrons. The van der Waals surface area contributed by atoms with Crippen LogP contribution in [0, 0.1) is 0 Å². The summed E-state index contributed by atoms with van der Waals surface area (Å²) in [7, 11) is 1.43. The van der Waals surface area contributed by atoms with E-state index in [1.54, 1.807) is 0 Å². The Labute approximate surface area is 95.2 Å². The number of fused-ring (bicyclic) bond motifs is 3. The molecule has 0 aliphatic carbocycles. The Morgan fingerprint density at radius 2 is 2.25 bits per heavy atom. The van der Waals surface area contributed by atoms with Gasteiger partial charge in [-0.25, -0.2) is 4.79 Å². The summed E-state index contributed by atoms with van der Waals surface area (Å²) in [5, 5.41) is 0. The van der Waals surface area contributed by atoms with Crippen LogP contribution >= 0.6 is 0 Å². The second-order valence-electron chi connectivity index (χ2n) is 5.03. The Kier molecular flexibility index (Phi) is 2.11. The average Bonchev–Trinajstić information content (AvgIpc) is 2.81. The van der Waals surface area contributed by atoms with Gasteiger partial charge >= 0.3 is 5.97 Å². The molecule has 3 heterocycles. The zero-order chi connectivity index (χ0) is 11.4. The van der Waals surface area contributed by atoms with Crippen LogP contribution in [0.5, 0.6) is 0 Å². The van der Waals surface area contributed by atoms with E-state index >= 15 is 0 Å². The zero-order valence-corrected chi connectivity index (χ0v) is 9.82. The highest BCUT2D eigenvalue weighted by Crippen LogP contribution is 2.61. The summed E-state index contributed by atoms with van der Waals surface area (Å²) in [6, 6.07) is 0. The maximum absolute atomic E-state index is 11.9. The normalized spacial score (nSPS) is 49.4. The molecule has 0 aromatic carbocycles. The fraction of sp³-hybridized carbons (Fsp3) is 0.917. The number of carbonyl (C=O) groups is 1. The predicted molar refractivity (Wildman–Crippen MR) is 56.0 cm³/mol. The van der Waals surface area contributed by atoms with E-state index in [-0.39, 0.29) is 17.7 Å². The minimum absolute atomic E-state index is 0.102. The first-order valence-electron chi connectivity index (χ1n) is 6.12. The summed E-state index contributed by atoms with van der Waals surface area (Å²) in [5.41, 5.74) is -1.09. The molecule has 2 bridgehead atoms. The standard InChI is InChI=1S/C12H18O4/c1-3-11(10(13)14-2)12(16-11)7-6-8-4-5-9(12)15-8/h8-9H,3-7H2,1-2H3. The van der Waals surface area contributed by atoms with Gasteiger partial charge in [0.15, 0.2) is 5.60 Å². The quantitative estimate of drug-likeness (QED) is 0.527. The summed E-state index contributed by atoms with van der Waals surface area (Å²) in [6.45, 7) is 1.98. The Bertz CT molecular complexity index is 329. The monoisotopic (exact) mass is 226 g/mol. The third kappa shape index (κ3) is 1.04. The third-order valence-corrected chi connectivity index (χ3v) is 4.48. The van der Waals surface area contributed by atoms with Crippen molar-refractivity contribution in [1.82, 2.24) is 0 Å². The summed E-state index contributed by atoms with van der Waals surface area (Å²) >= 11 is 0. The molecule has 3 fully saturated rings. The topological polar surface area (TPSA) is 48.1 Å². The number of methoxy groups -OCH3 is 1. The number of hydrogen-bond donors (Lipinski definition) is 0. The van der Waals surface area contributed by atoms with Crippen molar-refractivity contribution in [3.05, 3.63) is 0 Å². The molecule has 16 heavy (non-hydrogen) atoms. The first-order valence-corrected chi connectivity index (χ1v) is 6.12. The highest BCUT2D eigenvalue weighted by atomic mass is 16.7. The lowest BCUT2D eigenvalue weighted by atomic mass is 9.81. The lowest BCUT2D eigenvalue weighted by Gasteiger charge is -2.29. The highest BCUT2D eigenvalue weighted by Gasteiger charge is 2.79. The number of rotatable bonds is 2. The van der Waals surface area contributed by atoms with E-state index in [0.29, 0.717) is 12.5 Å². The SMILES string of the molecule is CCC1(C(=O)OC)OC12CCC1CCC2O1. The van der Waals surface area contributed by atoms with Gasteiger partial charge in [0.2, 0.25) is 0 Å². The molecule has 3 rings (SSSR count). The molecule has 3 saturated heterocycles. The van der Waals surface area contributed by atoms with Crippen LogP contribution in [0.4, 0.5) is 0 Å². The summed E-state index contributed by atoms with van der Waals surface area (Å²) in [6.07, 6.45) is 5.24. The van der Waals surface area contributed by atoms with Gasteiger partial charge in [-0.05, 0) is 32.1 Å². The molecule has 0 N–H and O–H groups in total. The van der Waals surface area contributed by atoms with E-state index < -0.39 is 5.60 Å². The number of carbonyl (C=O) groups excluding carboxylic acids is 1. The van der Waals surface area contributed by atoms with Crippen molar-refractivity contribution >= 4 is 5.97 Å². The largest absolute Gasteiger partial charge is 0.467 e. The first-order chi connectivity index (χ1) is 7.68. The maximum atomic E-state index is 11.9. The van der Waals surface area contributed by atoms with Crippen LogP contribution in [0.2, 0.25) is 0 Å². The molecular formula is C12H18O4. The fourth-order valence-electron chi connectivity index (χ4n) is 3.56. The minimum Gasteiger partial charge on any atom is -0.467 e. The lowest BCUT2D eigenvalue weighted by molar-refractivity contribution is -0.147. The first kappa shape index (κ1) is 10.5. The van der Waals surface area contributed by atoms with Gasteiger partial charge in [0.25, 0.3) is 0 Å². The van der Waals surface area contributed by atoms with E-state index in [9.17, 15) is 4.79 Å². The molecule has 3 aliphatic heterocycles. The fourth-order valence-corrected chi connectivity index (χ4v) is 3.56. The lowest BCUT2D eigenvalue weighted by Crippen LogP contribution is -2.45. The van der Waals surface area contributed by atoms with E-state index in [4.69, 9.17) is 14.2 Å². The maximum Gasteiger partial charge on any atom is 0.341 e. The van der Waals surface area contributed by atoms with Crippen LogP contribution in [-0.4, -0.2) is 36.5 Å². The molecule has 3 aliphatic rings. The number of epoxide rings is 1. The summed E-state index contributed by atoms with van der Waals surface area (Å²) in [5.74, 6) is -0.232. The molecule has 4 heteroatoms. The van der Waals surface area contributed by atoms with Crippen molar-refractivity contribution < 1.29 is 19.0 Å². The minimum atomic E-state index is -0.721. The van der Waals surface area contributed by atoms with Gasteiger partial charge in [-0.2, -0.15) is 0 Å². The van der Waals surface area contributed by atoms with Gasteiger partial charge in [-0.15, -0.1) is 0 Å². The van der Waals surface area contributed by atoms with Gasteiger partial charge in [0, 0.05) is 0 Å². The number of hydrogen-bond acceptors (Lipinski definition) is 4. The molecule has 0 saturated carbocycles. The highest BCUT2D eigenvalue weighted by molar-refractivity contribution is 5.85. The van der Waals surface area contributed by atoms with Crippen molar-refractivity contribution in [3.8, 4) is 0 Å². The molecule has 0 aromatic rings. The molecule has 90 valence electrons. The Hall–Kier alpha value is -0.610. The Morgan fingerprint density at radius 1 is 1.44 bits per heavy atom. The third-order valence-electron chi connectivity index (χ3n) is 4.48. The van der Waals surface area contributed by atoms with Gasteiger partial charge in [0.05, 0.1) is 19.3 Å². The van der Waals surface area contributed by atoms with Crippen molar-refractivity contribution in [3.63, 3.8) is 0 Å². The van der Waals surface area contributed by atoms with Crippen LogP contribution in [0.15, 0.2) is 0 Å². The van der Waals surface area contributed by atoms with Crippen molar-refractivity contribution in [2.24, 2.45) is 0 Å². The summed E-state index contributed by atoms with van der Waals surface area (Å²) < 4.78 is 16.6. The summed E-state index contributed by atoms with van der Waals surface area (Å²) in [4.78, 5) is 11.9. The molecule has 4 unspecified atom stereocenters. The molecular weight excluding hydrogens is 208 g/mol. The van der Waals surface area contributed by atoms with Gasteiger partial charge in [-0.3, -0.25) is 0 Å². The van der Waals surface area contributed by atoms with Crippen molar-refractivity contribution in [2.45, 2.75) is 62.4 Å². The smallest absolute Gasteiger partial charge is 0.341 e. The van der Waals surface area contributed by atoms with Crippen LogP contribution in [0.1, 0.15) is 39.0 Å². The van der Waals surface area contributed by atoms with Crippen molar-refractivity contribution in [2.75, 3.05) is 7.11 Å². The van der Waals surface area contributed by atoms with Crippen LogP contribution in [-0.2, 0) is 19.0 Å². The second kappa shape index (κ2) is 3.20. The van der Waals surface area contributed by atoms with Gasteiger partial charge in [-0.1, -0.05) is 6.92 Å². The molecule has 0 aromatic heterocycles. The molecule has 4 atom stereocenters. The zero-order valence-electron chi connectivity index (χ0n) is 9.82. The molecule has 0 amide bonds. The van der Waals surface area contributed by atoms with E-state index in [1.807, 2.05) is 6.92 Å². The van der Waals surface area contributed by atoms with Gasteiger partial charge in [0.1, 0.15) is 5.60 Å². The van der Waals surface area contributed by atoms with E-state index in [1.165, 1.54) is 7.11 Å². The average molecular weight is 226 g/mol. The Balaban J connectivity index is 1.88.